The number of nitrogens with one attached hydrogen (secondary N) is 1. The lowest BCUT2D eigenvalue weighted by atomic mass is 10.1. The Balaban J connectivity index is 1.60. The van der Waals surface area contributed by atoms with Crippen LogP contribution in [0, 0.1) is 13.8 Å². The van der Waals surface area contributed by atoms with Gasteiger partial charge in [0.2, 0.25) is 5.91 Å². The van der Waals surface area contributed by atoms with Crippen LogP contribution in [0.2, 0.25) is 0 Å². The van der Waals surface area contributed by atoms with Crippen molar-refractivity contribution in [3.63, 3.8) is 0 Å². The van der Waals surface area contributed by atoms with E-state index in [1.54, 1.807) is 19.2 Å². The van der Waals surface area contributed by atoms with Gasteiger partial charge in [-0.2, -0.15) is 0 Å². The molecule has 128 valence electrons. The van der Waals surface area contributed by atoms with Gasteiger partial charge >= 0.3 is 0 Å². The summed E-state index contributed by atoms with van der Waals surface area (Å²) >= 11 is 0. The first-order valence-corrected chi connectivity index (χ1v) is 7.96. The first-order chi connectivity index (χ1) is 12.1. The van der Waals surface area contributed by atoms with Gasteiger partial charge in [0.15, 0.2) is 0 Å². The minimum absolute atomic E-state index is 0.128. The molecule has 1 aromatic carbocycles. The van der Waals surface area contributed by atoms with Crippen LogP contribution in [0.1, 0.15) is 22.7 Å². The molecule has 0 atom stereocenters. The van der Waals surface area contributed by atoms with Crippen molar-refractivity contribution < 1.29 is 14.1 Å². The van der Waals surface area contributed by atoms with Crippen LogP contribution in [0.25, 0.3) is 0 Å². The molecule has 0 saturated heterocycles. The zero-order chi connectivity index (χ0) is 17.6. The van der Waals surface area contributed by atoms with Crippen LogP contribution >= 0.6 is 0 Å². The van der Waals surface area contributed by atoms with Gasteiger partial charge in [-0.15, -0.1) is 0 Å². The largest absolute Gasteiger partial charge is 0.487 e. The molecule has 0 radical (unpaired) electrons. The standard InChI is InChI=1S/C19H19N3O3/c1-13-18(14(2)25-22-13)11-19(23)21-15-7-5-8-17(10-15)24-12-16-6-3-4-9-20-16/h3-10H,11-12H2,1-2H3,(H,21,23). The minimum atomic E-state index is -0.128. The van der Waals surface area contributed by atoms with Gasteiger partial charge in [0, 0.05) is 23.5 Å². The number of ether oxygens (including phenoxy) is 1. The average Bonchev–Trinajstić information content (AvgIpc) is 2.93. The summed E-state index contributed by atoms with van der Waals surface area (Å²) in [6, 6.07) is 12.9. The summed E-state index contributed by atoms with van der Waals surface area (Å²) in [5, 5.41) is 6.73. The van der Waals surface area contributed by atoms with E-state index >= 15 is 0 Å². The van der Waals surface area contributed by atoms with E-state index in [1.807, 2.05) is 43.3 Å². The third-order valence-corrected chi connectivity index (χ3v) is 3.75. The highest BCUT2D eigenvalue weighted by Crippen LogP contribution is 2.19. The van der Waals surface area contributed by atoms with Crippen LogP contribution in [0.4, 0.5) is 5.69 Å². The third-order valence-electron chi connectivity index (χ3n) is 3.75. The Bertz CT molecular complexity index is 840. The fourth-order valence-corrected chi connectivity index (χ4v) is 2.42. The van der Waals surface area contributed by atoms with Crippen molar-refractivity contribution in [2.75, 3.05) is 5.32 Å². The van der Waals surface area contributed by atoms with Gasteiger partial charge in [0.25, 0.3) is 0 Å². The Morgan fingerprint density at radius 2 is 2.08 bits per heavy atom. The highest BCUT2D eigenvalue weighted by atomic mass is 16.5. The quantitative estimate of drug-likeness (QED) is 0.745. The molecule has 0 bridgehead atoms. The Kier molecular flexibility index (Phi) is 5.09. The summed E-state index contributed by atoms with van der Waals surface area (Å²) in [5.74, 6) is 1.21. The van der Waals surface area contributed by atoms with Crippen molar-refractivity contribution in [3.05, 3.63) is 71.4 Å². The molecule has 2 aromatic heterocycles. The molecular weight excluding hydrogens is 318 g/mol. The van der Waals surface area contributed by atoms with Crippen molar-refractivity contribution >= 4 is 11.6 Å². The van der Waals surface area contributed by atoms with Crippen molar-refractivity contribution in [2.24, 2.45) is 0 Å². The predicted octanol–water partition coefficient (Wildman–Crippen LogP) is 3.45. The normalized spacial score (nSPS) is 10.5. The zero-order valence-electron chi connectivity index (χ0n) is 14.2. The zero-order valence-corrected chi connectivity index (χ0v) is 14.2. The molecule has 0 saturated carbocycles. The van der Waals surface area contributed by atoms with Crippen LogP contribution in [-0.4, -0.2) is 16.0 Å². The van der Waals surface area contributed by atoms with Gasteiger partial charge < -0.3 is 14.6 Å². The second-order valence-corrected chi connectivity index (χ2v) is 5.67. The molecule has 0 spiro atoms. The van der Waals surface area contributed by atoms with Crippen LogP contribution in [-0.2, 0) is 17.8 Å². The fraction of sp³-hybridized carbons (Fsp3) is 0.211. The summed E-state index contributed by atoms with van der Waals surface area (Å²) in [4.78, 5) is 16.5. The van der Waals surface area contributed by atoms with E-state index in [-0.39, 0.29) is 12.3 Å². The molecule has 0 aliphatic rings. The Labute approximate surface area is 145 Å². The number of pyridine rings is 1. The summed E-state index contributed by atoms with van der Waals surface area (Å²) in [5.41, 5.74) is 3.07. The number of hydrogen-bond acceptors (Lipinski definition) is 5. The van der Waals surface area contributed by atoms with Crippen LogP contribution in [0.3, 0.4) is 0 Å². The van der Waals surface area contributed by atoms with Crippen LogP contribution in [0.15, 0.2) is 53.2 Å². The van der Waals surface area contributed by atoms with Crippen molar-refractivity contribution in [1.29, 1.82) is 0 Å². The van der Waals surface area contributed by atoms with Crippen molar-refractivity contribution in [1.82, 2.24) is 10.1 Å². The maximum Gasteiger partial charge on any atom is 0.229 e. The Morgan fingerprint density at radius 3 is 2.80 bits per heavy atom. The molecule has 1 amide bonds. The van der Waals surface area contributed by atoms with Gasteiger partial charge in [-0.1, -0.05) is 17.3 Å². The minimum Gasteiger partial charge on any atom is -0.487 e. The summed E-state index contributed by atoms with van der Waals surface area (Å²) in [6.45, 7) is 4.00. The Hall–Kier alpha value is -3.15. The van der Waals surface area contributed by atoms with Crippen molar-refractivity contribution in [2.45, 2.75) is 26.9 Å². The number of rotatable bonds is 6. The first kappa shape index (κ1) is 16.7. The van der Waals surface area contributed by atoms with Gasteiger partial charge in [0.1, 0.15) is 18.1 Å². The molecule has 0 aliphatic heterocycles. The van der Waals surface area contributed by atoms with Gasteiger partial charge in [-0.3, -0.25) is 9.78 Å². The van der Waals surface area contributed by atoms with E-state index in [0.717, 1.165) is 17.0 Å². The number of amides is 1. The first-order valence-electron chi connectivity index (χ1n) is 7.96. The number of aromatic nitrogens is 2. The number of benzene rings is 1. The highest BCUT2D eigenvalue weighted by molar-refractivity contribution is 5.92. The van der Waals surface area contributed by atoms with Crippen molar-refractivity contribution in [3.8, 4) is 5.75 Å². The molecule has 3 aromatic rings. The second kappa shape index (κ2) is 7.61. The summed E-state index contributed by atoms with van der Waals surface area (Å²) in [7, 11) is 0. The van der Waals surface area contributed by atoms with Gasteiger partial charge in [-0.25, -0.2) is 0 Å². The van der Waals surface area contributed by atoms with E-state index in [1.165, 1.54) is 0 Å². The molecule has 6 heteroatoms. The third kappa shape index (κ3) is 4.44. The summed E-state index contributed by atoms with van der Waals surface area (Å²) in [6.07, 6.45) is 1.95. The summed E-state index contributed by atoms with van der Waals surface area (Å²) < 4.78 is 10.8. The molecule has 0 fully saturated rings. The average molecular weight is 337 g/mol. The molecular formula is C19H19N3O3. The SMILES string of the molecule is Cc1noc(C)c1CC(=O)Nc1cccc(OCc2ccccn2)c1. The van der Waals surface area contributed by atoms with E-state index < -0.39 is 0 Å². The monoisotopic (exact) mass is 337 g/mol. The van der Waals surface area contributed by atoms with Gasteiger partial charge in [0.05, 0.1) is 17.8 Å². The maximum absolute atomic E-state index is 12.2. The molecule has 6 nitrogen and oxygen atoms in total. The number of nitrogens with zero attached hydrogens (tertiary/aromatic N) is 2. The Morgan fingerprint density at radius 1 is 1.20 bits per heavy atom. The molecule has 0 aliphatic carbocycles. The predicted molar refractivity (Wildman–Crippen MR) is 93.3 cm³/mol. The van der Waals surface area contributed by atoms with Crippen LogP contribution in [0.5, 0.6) is 5.75 Å². The van der Waals surface area contributed by atoms with E-state index in [0.29, 0.717) is 23.8 Å². The fourth-order valence-electron chi connectivity index (χ4n) is 2.42. The topological polar surface area (TPSA) is 77.2 Å². The molecule has 0 unspecified atom stereocenters. The number of hydrogen-bond donors (Lipinski definition) is 1. The smallest absolute Gasteiger partial charge is 0.229 e. The molecule has 3 rings (SSSR count). The number of anilines is 1. The number of carbonyl (C=O) groups is 1. The molecule has 2 heterocycles. The lowest BCUT2D eigenvalue weighted by Crippen LogP contribution is -2.15. The number of carbonyl (C=O) groups excluding carboxylic acids is 1. The van der Waals surface area contributed by atoms with E-state index in [9.17, 15) is 4.79 Å². The number of aryl methyl sites for hydroxylation is 2. The highest BCUT2D eigenvalue weighted by Gasteiger charge is 2.13. The maximum atomic E-state index is 12.2. The van der Waals surface area contributed by atoms with Gasteiger partial charge in [-0.05, 0) is 38.1 Å². The second-order valence-electron chi connectivity index (χ2n) is 5.67. The molecule has 1 N–H and O–H groups in total. The lowest BCUT2D eigenvalue weighted by Gasteiger charge is -2.09. The van der Waals surface area contributed by atoms with Crippen LogP contribution < -0.4 is 10.1 Å². The van der Waals surface area contributed by atoms with E-state index in [4.69, 9.17) is 9.26 Å². The molecule has 25 heavy (non-hydrogen) atoms. The van der Waals surface area contributed by atoms with E-state index in [2.05, 4.69) is 15.5 Å². The lowest BCUT2D eigenvalue weighted by molar-refractivity contribution is -0.115.